The van der Waals surface area contributed by atoms with Gasteiger partial charge in [-0.25, -0.2) is 0 Å². The first-order chi connectivity index (χ1) is 8.66. The maximum absolute atomic E-state index is 11.4. The molecule has 96 valence electrons. The second kappa shape index (κ2) is 5.67. The lowest BCUT2D eigenvalue weighted by molar-refractivity contribution is -0.122. The Labute approximate surface area is 107 Å². The Kier molecular flexibility index (Phi) is 3.97. The second-order valence-corrected chi connectivity index (χ2v) is 4.63. The molecular weight excluding hydrogens is 228 g/mol. The second-order valence-electron chi connectivity index (χ2n) is 4.63. The van der Waals surface area contributed by atoms with Crippen molar-refractivity contribution in [3.8, 4) is 0 Å². The lowest BCUT2D eigenvalue weighted by Gasteiger charge is -2.08. The number of nitrogens with one attached hydrogen (secondary N) is 2. The van der Waals surface area contributed by atoms with Crippen LogP contribution < -0.4 is 10.6 Å². The summed E-state index contributed by atoms with van der Waals surface area (Å²) in [5.41, 5.74) is 1.67. The predicted octanol–water partition coefficient (Wildman–Crippen LogP) is 1.83. The Morgan fingerprint density at radius 3 is 2.39 bits per heavy atom. The van der Waals surface area contributed by atoms with E-state index in [0.29, 0.717) is 18.7 Å². The summed E-state index contributed by atoms with van der Waals surface area (Å²) in [5.74, 6) is 0.502. The van der Waals surface area contributed by atoms with Crippen molar-refractivity contribution in [2.24, 2.45) is 5.92 Å². The third-order valence-electron chi connectivity index (χ3n) is 2.99. The summed E-state index contributed by atoms with van der Waals surface area (Å²) >= 11 is 0. The van der Waals surface area contributed by atoms with Gasteiger partial charge < -0.3 is 10.6 Å². The molecule has 0 spiro atoms. The zero-order valence-corrected chi connectivity index (χ0v) is 10.5. The summed E-state index contributed by atoms with van der Waals surface area (Å²) in [6.07, 6.45) is 2.07. The fourth-order valence-electron chi connectivity index (χ4n) is 1.71. The lowest BCUT2D eigenvalue weighted by Crippen LogP contribution is -2.29. The van der Waals surface area contributed by atoms with E-state index >= 15 is 0 Å². The highest BCUT2D eigenvalue weighted by Crippen LogP contribution is 2.28. The molecule has 1 aromatic rings. The van der Waals surface area contributed by atoms with E-state index < -0.39 is 0 Å². The van der Waals surface area contributed by atoms with Gasteiger partial charge in [-0.15, -0.1) is 0 Å². The highest BCUT2D eigenvalue weighted by Gasteiger charge is 2.28. The number of hydrogen-bond acceptors (Lipinski definition) is 3. The number of amides is 1. The first-order valence-corrected chi connectivity index (χ1v) is 6.29. The van der Waals surface area contributed by atoms with E-state index in [9.17, 15) is 9.59 Å². The van der Waals surface area contributed by atoms with Crippen LogP contribution in [0.5, 0.6) is 0 Å². The zero-order chi connectivity index (χ0) is 13.0. The molecule has 2 rings (SSSR count). The SMILES string of the molecule is CC(=O)c1ccc(NCCNC(=O)C2CC2)cc1. The molecule has 0 saturated heterocycles. The Bertz CT molecular complexity index is 436. The summed E-state index contributed by atoms with van der Waals surface area (Å²) in [4.78, 5) is 22.5. The molecule has 0 atom stereocenters. The molecule has 1 aliphatic rings. The number of anilines is 1. The molecule has 2 N–H and O–H groups in total. The predicted molar refractivity (Wildman–Crippen MR) is 70.7 cm³/mol. The van der Waals surface area contributed by atoms with Crippen molar-refractivity contribution in [2.75, 3.05) is 18.4 Å². The van der Waals surface area contributed by atoms with E-state index in [2.05, 4.69) is 10.6 Å². The van der Waals surface area contributed by atoms with Gasteiger partial charge in [0.1, 0.15) is 0 Å². The molecule has 1 saturated carbocycles. The van der Waals surface area contributed by atoms with Crippen LogP contribution in [0, 0.1) is 5.92 Å². The number of carbonyl (C=O) groups excluding carboxylic acids is 2. The van der Waals surface area contributed by atoms with E-state index in [1.165, 1.54) is 0 Å². The average molecular weight is 246 g/mol. The van der Waals surface area contributed by atoms with E-state index in [1.807, 2.05) is 12.1 Å². The molecule has 4 heteroatoms. The number of rotatable bonds is 6. The van der Waals surface area contributed by atoms with Crippen LogP contribution in [-0.2, 0) is 4.79 Å². The lowest BCUT2D eigenvalue weighted by atomic mass is 10.1. The van der Waals surface area contributed by atoms with Crippen LogP contribution >= 0.6 is 0 Å². The Morgan fingerprint density at radius 2 is 1.83 bits per heavy atom. The number of Topliss-reactive ketones (excluding diaryl/α,β-unsaturated/α-hetero) is 1. The molecule has 4 nitrogen and oxygen atoms in total. The van der Waals surface area contributed by atoms with Gasteiger partial charge in [-0.05, 0) is 44.0 Å². The van der Waals surface area contributed by atoms with Gasteiger partial charge in [0.15, 0.2) is 5.78 Å². The van der Waals surface area contributed by atoms with Crippen LogP contribution in [0.15, 0.2) is 24.3 Å². The standard InChI is InChI=1S/C14H18N2O2/c1-10(17)11-4-6-13(7-5-11)15-8-9-16-14(18)12-2-3-12/h4-7,12,15H,2-3,8-9H2,1H3,(H,16,18). The summed E-state index contributed by atoms with van der Waals surface area (Å²) in [6, 6.07) is 7.35. The van der Waals surface area contributed by atoms with Gasteiger partial charge in [0, 0.05) is 30.3 Å². The molecular formula is C14H18N2O2. The first-order valence-electron chi connectivity index (χ1n) is 6.29. The minimum Gasteiger partial charge on any atom is -0.383 e. The maximum atomic E-state index is 11.4. The molecule has 0 aliphatic heterocycles. The van der Waals surface area contributed by atoms with E-state index in [4.69, 9.17) is 0 Å². The van der Waals surface area contributed by atoms with Crippen LogP contribution in [0.25, 0.3) is 0 Å². The van der Waals surface area contributed by atoms with Crippen molar-refractivity contribution in [3.63, 3.8) is 0 Å². The molecule has 18 heavy (non-hydrogen) atoms. The molecule has 0 aromatic heterocycles. The summed E-state index contributed by atoms with van der Waals surface area (Å²) in [6.45, 7) is 2.87. The van der Waals surface area contributed by atoms with Gasteiger partial charge in [0.05, 0.1) is 0 Å². The largest absolute Gasteiger partial charge is 0.383 e. The molecule has 1 fully saturated rings. The van der Waals surface area contributed by atoms with E-state index in [1.54, 1.807) is 19.1 Å². The highest BCUT2D eigenvalue weighted by molar-refractivity contribution is 5.94. The van der Waals surface area contributed by atoms with Crippen molar-refractivity contribution < 1.29 is 9.59 Å². The third kappa shape index (κ3) is 3.58. The molecule has 1 aromatic carbocycles. The van der Waals surface area contributed by atoms with Crippen LogP contribution in [0.4, 0.5) is 5.69 Å². The Morgan fingerprint density at radius 1 is 1.17 bits per heavy atom. The van der Waals surface area contributed by atoms with Crippen molar-refractivity contribution >= 4 is 17.4 Å². The van der Waals surface area contributed by atoms with Gasteiger partial charge in [0.2, 0.25) is 5.91 Å². The Balaban J connectivity index is 1.69. The van der Waals surface area contributed by atoms with Gasteiger partial charge in [-0.2, -0.15) is 0 Å². The normalized spacial score (nSPS) is 14.1. The average Bonchev–Trinajstić information content (AvgIpc) is 3.19. The quantitative estimate of drug-likeness (QED) is 0.594. The number of ketones is 1. The van der Waals surface area contributed by atoms with Crippen LogP contribution in [-0.4, -0.2) is 24.8 Å². The monoisotopic (exact) mass is 246 g/mol. The third-order valence-corrected chi connectivity index (χ3v) is 2.99. The molecule has 0 radical (unpaired) electrons. The fourth-order valence-corrected chi connectivity index (χ4v) is 1.71. The van der Waals surface area contributed by atoms with E-state index in [0.717, 1.165) is 18.5 Å². The summed E-state index contributed by atoms with van der Waals surface area (Å²) < 4.78 is 0. The number of carbonyl (C=O) groups is 2. The molecule has 0 unspecified atom stereocenters. The Hall–Kier alpha value is -1.84. The summed E-state index contributed by atoms with van der Waals surface area (Å²) in [7, 11) is 0. The first kappa shape index (κ1) is 12.6. The maximum Gasteiger partial charge on any atom is 0.223 e. The zero-order valence-electron chi connectivity index (χ0n) is 10.5. The van der Waals surface area contributed by atoms with Gasteiger partial charge >= 0.3 is 0 Å². The number of hydrogen-bond donors (Lipinski definition) is 2. The minimum absolute atomic E-state index is 0.0678. The highest BCUT2D eigenvalue weighted by atomic mass is 16.2. The fraction of sp³-hybridized carbons (Fsp3) is 0.429. The van der Waals surface area contributed by atoms with Crippen molar-refractivity contribution in [2.45, 2.75) is 19.8 Å². The van der Waals surface area contributed by atoms with Crippen LogP contribution in [0.2, 0.25) is 0 Å². The van der Waals surface area contributed by atoms with Crippen molar-refractivity contribution in [1.29, 1.82) is 0 Å². The van der Waals surface area contributed by atoms with Crippen molar-refractivity contribution in [1.82, 2.24) is 5.32 Å². The van der Waals surface area contributed by atoms with Crippen LogP contribution in [0.3, 0.4) is 0 Å². The molecule has 0 heterocycles. The number of benzene rings is 1. The van der Waals surface area contributed by atoms with Crippen molar-refractivity contribution in [3.05, 3.63) is 29.8 Å². The topological polar surface area (TPSA) is 58.2 Å². The minimum atomic E-state index is 0.0678. The molecule has 1 aliphatic carbocycles. The van der Waals surface area contributed by atoms with E-state index in [-0.39, 0.29) is 17.6 Å². The van der Waals surface area contributed by atoms with Gasteiger partial charge in [0.25, 0.3) is 0 Å². The molecule has 1 amide bonds. The van der Waals surface area contributed by atoms with Gasteiger partial charge in [-0.3, -0.25) is 9.59 Å². The molecule has 0 bridgehead atoms. The van der Waals surface area contributed by atoms with Crippen LogP contribution in [0.1, 0.15) is 30.1 Å². The summed E-state index contributed by atoms with van der Waals surface area (Å²) in [5, 5.41) is 6.09. The van der Waals surface area contributed by atoms with Gasteiger partial charge in [-0.1, -0.05) is 0 Å². The smallest absolute Gasteiger partial charge is 0.223 e.